The summed E-state index contributed by atoms with van der Waals surface area (Å²) in [6.07, 6.45) is 0.871. The SMILES string of the molecule is COc1c(C)cc([C@H]2CCCN(C(=O)OC(C)(C)C)[C@H]2C(=O)O)cc1C. The number of benzene rings is 1. The van der Waals surface area contributed by atoms with Gasteiger partial charge in [0.15, 0.2) is 0 Å². The van der Waals surface area contributed by atoms with Crippen molar-refractivity contribution >= 4 is 12.1 Å². The lowest BCUT2D eigenvalue weighted by molar-refractivity contribution is -0.145. The van der Waals surface area contributed by atoms with Gasteiger partial charge in [-0.25, -0.2) is 9.59 Å². The van der Waals surface area contributed by atoms with Gasteiger partial charge in [0, 0.05) is 12.5 Å². The van der Waals surface area contributed by atoms with Crippen LogP contribution in [-0.4, -0.2) is 47.4 Å². The van der Waals surface area contributed by atoms with E-state index >= 15 is 0 Å². The number of nitrogens with zero attached hydrogens (tertiary/aromatic N) is 1. The first kappa shape index (κ1) is 20.1. The van der Waals surface area contributed by atoms with Crippen LogP contribution in [-0.2, 0) is 9.53 Å². The fourth-order valence-corrected chi connectivity index (χ4v) is 3.70. The van der Waals surface area contributed by atoms with Crippen LogP contribution in [0.1, 0.15) is 56.2 Å². The van der Waals surface area contributed by atoms with Crippen LogP contribution in [0.15, 0.2) is 12.1 Å². The average Bonchev–Trinajstić information content (AvgIpc) is 2.52. The van der Waals surface area contributed by atoms with Crippen molar-refractivity contribution in [1.29, 1.82) is 0 Å². The topological polar surface area (TPSA) is 76.1 Å². The van der Waals surface area contributed by atoms with Crippen LogP contribution in [0.3, 0.4) is 0 Å². The molecule has 1 amide bonds. The maximum absolute atomic E-state index is 12.6. The number of methoxy groups -OCH3 is 1. The fraction of sp³-hybridized carbons (Fsp3) is 0.600. The second-order valence-electron chi connectivity index (χ2n) is 7.89. The molecule has 2 atom stereocenters. The summed E-state index contributed by atoms with van der Waals surface area (Å²) < 4.78 is 10.8. The van der Waals surface area contributed by atoms with Gasteiger partial charge < -0.3 is 14.6 Å². The fourth-order valence-electron chi connectivity index (χ4n) is 3.70. The van der Waals surface area contributed by atoms with E-state index in [1.54, 1.807) is 27.9 Å². The zero-order chi connectivity index (χ0) is 19.6. The number of aryl methyl sites for hydroxylation is 2. The van der Waals surface area contributed by atoms with E-state index in [9.17, 15) is 14.7 Å². The smallest absolute Gasteiger partial charge is 0.411 e. The number of hydrogen-bond donors (Lipinski definition) is 1. The lowest BCUT2D eigenvalue weighted by Crippen LogP contribution is -2.53. The molecule has 0 bridgehead atoms. The molecule has 0 saturated carbocycles. The van der Waals surface area contributed by atoms with Gasteiger partial charge in [0.25, 0.3) is 0 Å². The molecule has 1 aromatic carbocycles. The van der Waals surface area contributed by atoms with Crippen molar-refractivity contribution in [3.8, 4) is 5.75 Å². The molecule has 26 heavy (non-hydrogen) atoms. The molecule has 0 unspecified atom stereocenters. The lowest BCUT2D eigenvalue weighted by Gasteiger charge is -2.39. The van der Waals surface area contributed by atoms with Crippen LogP contribution in [0, 0.1) is 13.8 Å². The highest BCUT2D eigenvalue weighted by Crippen LogP contribution is 2.37. The number of carboxylic acids is 1. The predicted molar refractivity (Wildman–Crippen MR) is 98.8 cm³/mol. The molecule has 0 radical (unpaired) electrons. The van der Waals surface area contributed by atoms with Crippen LogP contribution in [0.5, 0.6) is 5.75 Å². The van der Waals surface area contributed by atoms with E-state index in [0.717, 1.165) is 28.9 Å². The van der Waals surface area contributed by atoms with Gasteiger partial charge in [-0.05, 0) is 64.2 Å². The minimum atomic E-state index is -1.01. The molecule has 144 valence electrons. The third-order valence-electron chi connectivity index (χ3n) is 4.63. The quantitative estimate of drug-likeness (QED) is 0.882. The number of aliphatic carboxylic acids is 1. The van der Waals surface area contributed by atoms with E-state index in [1.807, 2.05) is 26.0 Å². The molecule has 0 aliphatic carbocycles. The van der Waals surface area contributed by atoms with E-state index in [0.29, 0.717) is 13.0 Å². The van der Waals surface area contributed by atoms with E-state index in [2.05, 4.69) is 0 Å². The second-order valence-corrected chi connectivity index (χ2v) is 7.89. The van der Waals surface area contributed by atoms with Gasteiger partial charge in [0.05, 0.1) is 7.11 Å². The van der Waals surface area contributed by atoms with Crippen LogP contribution in [0.4, 0.5) is 4.79 Å². The summed E-state index contributed by atoms with van der Waals surface area (Å²) in [5, 5.41) is 9.85. The van der Waals surface area contributed by atoms with Crippen LogP contribution in [0.2, 0.25) is 0 Å². The number of carboxylic acid groups (broad SMARTS) is 1. The van der Waals surface area contributed by atoms with E-state index in [4.69, 9.17) is 9.47 Å². The molecule has 1 aliphatic rings. The molecule has 1 heterocycles. The number of carbonyl (C=O) groups is 2. The number of likely N-dealkylation sites (tertiary alicyclic amines) is 1. The number of amides is 1. The van der Waals surface area contributed by atoms with Gasteiger partial charge in [-0.2, -0.15) is 0 Å². The zero-order valence-electron chi connectivity index (χ0n) is 16.5. The molecule has 1 saturated heterocycles. The minimum Gasteiger partial charge on any atom is -0.496 e. The maximum atomic E-state index is 12.6. The molecule has 1 N–H and O–H groups in total. The summed E-state index contributed by atoms with van der Waals surface area (Å²) in [6, 6.07) is 2.99. The first-order valence-electron chi connectivity index (χ1n) is 8.92. The zero-order valence-corrected chi connectivity index (χ0v) is 16.5. The van der Waals surface area contributed by atoms with Crippen LogP contribution < -0.4 is 4.74 Å². The summed E-state index contributed by atoms with van der Waals surface area (Å²) in [7, 11) is 1.62. The molecular weight excluding hydrogens is 334 g/mol. The van der Waals surface area contributed by atoms with Crippen LogP contribution >= 0.6 is 0 Å². The number of hydrogen-bond acceptors (Lipinski definition) is 4. The van der Waals surface area contributed by atoms with Gasteiger partial charge in [0.1, 0.15) is 17.4 Å². The van der Waals surface area contributed by atoms with E-state index in [-0.39, 0.29) is 5.92 Å². The van der Waals surface area contributed by atoms with Gasteiger partial charge in [-0.15, -0.1) is 0 Å². The molecule has 0 spiro atoms. The van der Waals surface area contributed by atoms with Crippen molar-refractivity contribution in [2.24, 2.45) is 0 Å². The first-order chi connectivity index (χ1) is 12.0. The summed E-state index contributed by atoms with van der Waals surface area (Å²) in [4.78, 5) is 26.0. The van der Waals surface area contributed by atoms with Crippen molar-refractivity contribution < 1.29 is 24.2 Å². The van der Waals surface area contributed by atoms with Gasteiger partial charge in [0.2, 0.25) is 0 Å². The van der Waals surface area contributed by atoms with Crippen molar-refractivity contribution in [2.75, 3.05) is 13.7 Å². The Bertz CT molecular complexity index is 669. The molecule has 6 heteroatoms. The highest BCUT2D eigenvalue weighted by atomic mass is 16.6. The van der Waals surface area contributed by atoms with Gasteiger partial charge >= 0.3 is 12.1 Å². The summed E-state index contributed by atoms with van der Waals surface area (Å²) in [5.41, 5.74) is 2.17. The maximum Gasteiger partial charge on any atom is 0.411 e. The molecule has 1 fully saturated rings. The van der Waals surface area contributed by atoms with Crippen molar-refractivity contribution in [3.63, 3.8) is 0 Å². The van der Waals surface area contributed by atoms with E-state index in [1.165, 1.54) is 4.90 Å². The third kappa shape index (κ3) is 4.29. The summed E-state index contributed by atoms with van der Waals surface area (Å²) in [5.74, 6) is -0.482. The second kappa shape index (κ2) is 7.56. The Morgan fingerprint density at radius 2 is 1.77 bits per heavy atom. The third-order valence-corrected chi connectivity index (χ3v) is 4.63. The highest BCUT2D eigenvalue weighted by Gasteiger charge is 2.42. The number of ether oxygens (including phenoxy) is 2. The van der Waals surface area contributed by atoms with Crippen molar-refractivity contribution in [3.05, 3.63) is 28.8 Å². The Morgan fingerprint density at radius 1 is 1.19 bits per heavy atom. The molecular formula is C20H29NO5. The van der Waals surface area contributed by atoms with Crippen LogP contribution in [0.25, 0.3) is 0 Å². The first-order valence-corrected chi connectivity index (χ1v) is 8.92. The monoisotopic (exact) mass is 363 g/mol. The number of piperidine rings is 1. The Kier molecular flexibility index (Phi) is 5.84. The number of rotatable bonds is 3. The molecule has 0 aromatic heterocycles. The Hall–Kier alpha value is -2.24. The largest absolute Gasteiger partial charge is 0.496 e. The Balaban J connectivity index is 2.39. The van der Waals surface area contributed by atoms with Crippen molar-refractivity contribution in [1.82, 2.24) is 4.90 Å². The van der Waals surface area contributed by atoms with Gasteiger partial charge in [-0.3, -0.25) is 4.90 Å². The number of carbonyl (C=O) groups excluding carboxylic acids is 1. The minimum absolute atomic E-state index is 0.280. The summed E-state index contributed by atoms with van der Waals surface area (Å²) >= 11 is 0. The average molecular weight is 363 g/mol. The standard InChI is InChI=1S/C20H29NO5/c1-12-10-14(11-13(2)17(12)25-6)15-8-7-9-21(16(15)18(22)23)19(24)26-20(3,4)5/h10-11,15-16H,7-9H2,1-6H3,(H,22,23)/t15-,16-/m1/s1. The Labute approximate surface area is 155 Å². The predicted octanol–water partition coefficient (Wildman–Crippen LogP) is 3.88. The normalized spacial score (nSPS) is 20.6. The summed E-state index contributed by atoms with van der Waals surface area (Å²) in [6.45, 7) is 9.60. The van der Waals surface area contributed by atoms with Crippen molar-refractivity contribution in [2.45, 2.75) is 65.0 Å². The highest BCUT2D eigenvalue weighted by molar-refractivity contribution is 5.81. The van der Waals surface area contributed by atoms with Gasteiger partial charge in [-0.1, -0.05) is 12.1 Å². The molecule has 2 rings (SSSR count). The lowest BCUT2D eigenvalue weighted by atomic mass is 9.82. The van der Waals surface area contributed by atoms with E-state index < -0.39 is 23.7 Å². The molecule has 1 aromatic rings. The Morgan fingerprint density at radius 3 is 2.23 bits per heavy atom. The molecule has 6 nitrogen and oxygen atoms in total. The molecule has 1 aliphatic heterocycles.